The smallest absolute Gasteiger partial charge is 0.257 e. The third-order valence-corrected chi connectivity index (χ3v) is 5.14. The molecule has 2 aromatic carbocycles. The molecular weight excluding hydrogens is 365 g/mol. The van der Waals surface area contributed by atoms with Crippen LogP contribution in [0.2, 0.25) is 5.02 Å². The predicted octanol–water partition coefficient (Wildman–Crippen LogP) is 4.70. The van der Waals surface area contributed by atoms with Crippen molar-refractivity contribution in [3.63, 3.8) is 0 Å². The molecule has 1 saturated heterocycles. The Morgan fingerprint density at radius 1 is 1.26 bits per heavy atom. The average Bonchev–Trinajstić information content (AvgIpc) is 2.67. The van der Waals surface area contributed by atoms with Crippen LogP contribution in [0.3, 0.4) is 0 Å². The van der Waals surface area contributed by atoms with Crippen LogP contribution >= 0.6 is 11.6 Å². The van der Waals surface area contributed by atoms with Gasteiger partial charge < -0.3 is 15.5 Å². The van der Waals surface area contributed by atoms with Gasteiger partial charge in [-0.15, -0.1) is 0 Å². The molecule has 0 aliphatic carbocycles. The van der Waals surface area contributed by atoms with Gasteiger partial charge in [-0.25, -0.2) is 4.39 Å². The van der Waals surface area contributed by atoms with Crippen LogP contribution in [0.25, 0.3) is 0 Å². The second-order valence-corrected chi connectivity index (χ2v) is 7.21. The van der Waals surface area contributed by atoms with Crippen molar-refractivity contribution < 1.29 is 9.18 Å². The number of halogens is 2. The van der Waals surface area contributed by atoms with Crippen molar-refractivity contribution in [2.24, 2.45) is 0 Å². The highest BCUT2D eigenvalue weighted by atomic mass is 35.5. The van der Waals surface area contributed by atoms with E-state index in [1.54, 1.807) is 0 Å². The summed E-state index contributed by atoms with van der Waals surface area (Å²) in [6.45, 7) is 5.22. The van der Waals surface area contributed by atoms with Gasteiger partial charge in [-0.3, -0.25) is 4.79 Å². The number of nitrogens with zero attached hydrogens (tertiary/aromatic N) is 1. The number of amides is 1. The zero-order valence-corrected chi connectivity index (χ0v) is 16.2. The molecule has 1 fully saturated rings. The van der Waals surface area contributed by atoms with Crippen molar-refractivity contribution in [3.05, 3.63) is 58.9 Å². The summed E-state index contributed by atoms with van der Waals surface area (Å²) in [5.41, 5.74) is 2.06. The van der Waals surface area contributed by atoms with Crippen LogP contribution in [0.4, 0.5) is 15.8 Å². The predicted molar refractivity (Wildman–Crippen MR) is 109 cm³/mol. The minimum absolute atomic E-state index is 0.103. The second kappa shape index (κ2) is 9.20. The zero-order valence-electron chi connectivity index (χ0n) is 15.5. The number of benzene rings is 2. The molecule has 0 radical (unpaired) electrons. The van der Waals surface area contributed by atoms with E-state index in [0.717, 1.165) is 50.7 Å². The Labute approximate surface area is 164 Å². The molecule has 0 spiro atoms. The van der Waals surface area contributed by atoms with Crippen molar-refractivity contribution in [1.29, 1.82) is 0 Å². The van der Waals surface area contributed by atoms with Crippen molar-refractivity contribution in [2.75, 3.05) is 29.9 Å². The first-order valence-corrected chi connectivity index (χ1v) is 9.80. The summed E-state index contributed by atoms with van der Waals surface area (Å²) in [5.74, 6) is -0.809. The molecular formula is C21H25ClFN3O. The van der Waals surface area contributed by atoms with E-state index in [2.05, 4.69) is 28.5 Å². The molecule has 27 heavy (non-hydrogen) atoms. The fourth-order valence-electron chi connectivity index (χ4n) is 3.52. The molecule has 0 bridgehead atoms. The Morgan fingerprint density at radius 2 is 2.04 bits per heavy atom. The molecule has 1 aliphatic rings. The Hall–Kier alpha value is -2.11. The maximum atomic E-state index is 13.2. The SMILES string of the molecule is CCCN(c1cccc(NC(=O)c2ccc(F)cc2Cl)c1)C1CCNCC1. The Bertz CT molecular complexity index is 793. The fourth-order valence-corrected chi connectivity index (χ4v) is 3.77. The van der Waals surface area contributed by atoms with E-state index in [4.69, 9.17) is 11.6 Å². The molecule has 0 atom stereocenters. The summed E-state index contributed by atoms with van der Waals surface area (Å²) in [7, 11) is 0. The van der Waals surface area contributed by atoms with Gasteiger partial charge in [-0.05, 0) is 68.8 Å². The topological polar surface area (TPSA) is 44.4 Å². The van der Waals surface area contributed by atoms with Gasteiger partial charge in [0.1, 0.15) is 5.82 Å². The van der Waals surface area contributed by atoms with Gasteiger partial charge in [0.15, 0.2) is 0 Å². The molecule has 1 heterocycles. The number of rotatable bonds is 6. The van der Waals surface area contributed by atoms with Gasteiger partial charge in [0, 0.05) is 24.0 Å². The number of carbonyl (C=O) groups is 1. The number of carbonyl (C=O) groups excluding carboxylic acids is 1. The highest BCUT2D eigenvalue weighted by molar-refractivity contribution is 6.34. The third-order valence-electron chi connectivity index (χ3n) is 4.83. The number of hydrogen-bond acceptors (Lipinski definition) is 3. The standard InChI is InChI=1S/C21H25ClFN3O/c1-2-12-26(17-8-10-24-11-9-17)18-5-3-4-16(14-18)25-21(27)19-7-6-15(23)13-20(19)22/h3-7,13-14,17,24H,2,8-12H2,1H3,(H,25,27). The van der Waals surface area contributed by atoms with E-state index in [9.17, 15) is 9.18 Å². The van der Waals surface area contributed by atoms with Crippen LogP contribution < -0.4 is 15.5 Å². The lowest BCUT2D eigenvalue weighted by Crippen LogP contribution is -2.43. The maximum absolute atomic E-state index is 13.2. The summed E-state index contributed by atoms with van der Waals surface area (Å²) in [6.07, 6.45) is 3.29. The van der Waals surface area contributed by atoms with Crippen LogP contribution in [-0.4, -0.2) is 31.6 Å². The van der Waals surface area contributed by atoms with Gasteiger partial charge in [-0.2, -0.15) is 0 Å². The van der Waals surface area contributed by atoms with Gasteiger partial charge in [-0.1, -0.05) is 24.6 Å². The molecule has 2 aromatic rings. The summed E-state index contributed by atoms with van der Waals surface area (Å²) < 4.78 is 13.2. The highest BCUT2D eigenvalue weighted by Crippen LogP contribution is 2.26. The van der Waals surface area contributed by atoms with Crippen LogP contribution in [0.5, 0.6) is 0 Å². The molecule has 1 amide bonds. The van der Waals surface area contributed by atoms with E-state index in [1.807, 2.05) is 18.2 Å². The first-order valence-electron chi connectivity index (χ1n) is 9.42. The zero-order chi connectivity index (χ0) is 19.2. The van der Waals surface area contributed by atoms with E-state index in [-0.39, 0.29) is 16.5 Å². The normalized spacial score (nSPS) is 14.8. The summed E-state index contributed by atoms with van der Waals surface area (Å²) in [6, 6.07) is 12.2. The van der Waals surface area contributed by atoms with Crippen LogP contribution in [0, 0.1) is 5.82 Å². The number of piperidine rings is 1. The maximum Gasteiger partial charge on any atom is 0.257 e. The lowest BCUT2D eigenvalue weighted by molar-refractivity contribution is 0.102. The molecule has 3 rings (SSSR count). The Morgan fingerprint density at radius 3 is 2.74 bits per heavy atom. The average molecular weight is 390 g/mol. The Balaban J connectivity index is 1.78. The van der Waals surface area contributed by atoms with Crippen molar-refractivity contribution in [3.8, 4) is 0 Å². The first-order chi connectivity index (χ1) is 13.1. The first kappa shape index (κ1) is 19.6. The molecule has 144 valence electrons. The van der Waals surface area contributed by atoms with E-state index >= 15 is 0 Å². The summed E-state index contributed by atoms with van der Waals surface area (Å²) >= 11 is 6.00. The number of hydrogen-bond donors (Lipinski definition) is 2. The molecule has 2 N–H and O–H groups in total. The van der Waals surface area contributed by atoms with Gasteiger partial charge in [0.2, 0.25) is 0 Å². The van der Waals surface area contributed by atoms with E-state index in [1.165, 1.54) is 12.1 Å². The number of anilines is 2. The largest absolute Gasteiger partial charge is 0.368 e. The fraction of sp³-hybridized carbons (Fsp3) is 0.381. The lowest BCUT2D eigenvalue weighted by Gasteiger charge is -2.36. The molecule has 1 aliphatic heterocycles. The Kier molecular flexibility index (Phi) is 6.69. The molecule has 6 heteroatoms. The van der Waals surface area contributed by atoms with Crippen LogP contribution in [0.15, 0.2) is 42.5 Å². The van der Waals surface area contributed by atoms with Crippen LogP contribution in [0.1, 0.15) is 36.5 Å². The molecule has 0 unspecified atom stereocenters. The molecule has 0 saturated carbocycles. The van der Waals surface area contributed by atoms with Crippen molar-refractivity contribution in [1.82, 2.24) is 5.32 Å². The van der Waals surface area contributed by atoms with Gasteiger partial charge in [0.25, 0.3) is 5.91 Å². The minimum atomic E-state index is -0.462. The second-order valence-electron chi connectivity index (χ2n) is 6.80. The van der Waals surface area contributed by atoms with Crippen molar-refractivity contribution >= 4 is 28.9 Å². The van der Waals surface area contributed by atoms with E-state index in [0.29, 0.717) is 11.7 Å². The molecule has 0 aromatic heterocycles. The monoisotopic (exact) mass is 389 g/mol. The van der Waals surface area contributed by atoms with Crippen LogP contribution in [-0.2, 0) is 0 Å². The highest BCUT2D eigenvalue weighted by Gasteiger charge is 2.21. The number of nitrogens with one attached hydrogen (secondary N) is 2. The summed E-state index contributed by atoms with van der Waals surface area (Å²) in [4.78, 5) is 14.9. The quantitative estimate of drug-likeness (QED) is 0.752. The van der Waals surface area contributed by atoms with Crippen molar-refractivity contribution in [2.45, 2.75) is 32.2 Å². The minimum Gasteiger partial charge on any atom is -0.368 e. The molecule has 4 nitrogen and oxygen atoms in total. The van der Waals surface area contributed by atoms with Gasteiger partial charge in [0.05, 0.1) is 10.6 Å². The lowest BCUT2D eigenvalue weighted by atomic mass is 10.0. The third kappa shape index (κ3) is 4.99. The van der Waals surface area contributed by atoms with E-state index < -0.39 is 5.82 Å². The van der Waals surface area contributed by atoms with Gasteiger partial charge >= 0.3 is 0 Å². The summed E-state index contributed by atoms with van der Waals surface area (Å²) in [5, 5.41) is 6.38.